The first-order valence-corrected chi connectivity index (χ1v) is 14.9. The van der Waals surface area contributed by atoms with Gasteiger partial charge in [-0.2, -0.15) is 0 Å². The number of anilines is 1. The molecule has 5 aromatic rings. The Hall–Kier alpha value is -3.98. The maximum absolute atomic E-state index is 4.82. The van der Waals surface area contributed by atoms with Crippen molar-refractivity contribution >= 4 is 16.6 Å². The van der Waals surface area contributed by atoms with Gasteiger partial charge in [0.2, 0.25) is 0 Å². The highest BCUT2D eigenvalue weighted by Crippen LogP contribution is 2.35. The van der Waals surface area contributed by atoms with Gasteiger partial charge in [-0.25, -0.2) is 9.97 Å². The van der Waals surface area contributed by atoms with Gasteiger partial charge in [-0.05, 0) is 41.8 Å². The highest BCUT2D eigenvalue weighted by atomic mass is 15.1. The summed E-state index contributed by atoms with van der Waals surface area (Å²) in [5.74, 6) is 0.829. The Bertz CT molecular complexity index is 1360. The Morgan fingerprint density at radius 2 is 1.07 bits per heavy atom. The van der Waals surface area contributed by atoms with Crippen LogP contribution in [0, 0.1) is 6.92 Å². The molecular weight excluding hydrogens is 486 g/mol. The van der Waals surface area contributed by atoms with E-state index in [-0.39, 0.29) is 0 Å². The standard InChI is InChI=1S/C29H25N3.4C2H6/c1-21-25-15-9-10-16-27(25)31-29(30-21)20-32(2)28-18-17-24(22-11-5-3-6-12-22)19-26(28)23-13-7-4-8-14-23;4*1-2/h3-19H,20H2,1-2H3;4*1-2H3. The third-order valence-corrected chi connectivity index (χ3v) is 5.82. The summed E-state index contributed by atoms with van der Waals surface area (Å²) in [6.45, 7) is 18.7. The van der Waals surface area contributed by atoms with E-state index in [1.54, 1.807) is 0 Å². The van der Waals surface area contributed by atoms with E-state index in [1.807, 2.05) is 67.5 Å². The quantitative estimate of drug-likeness (QED) is 0.224. The third-order valence-electron chi connectivity index (χ3n) is 5.82. The monoisotopic (exact) mass is 535 g/mol. The number of aromatic nitrogens is 2. The topological polar surface area (TPSA) is 29.0 Å². The molecule has 4 aromatic carbocycles. The van der Waals surface area contributed by atoms with Gasteiger partial charge < -0.3 is 4.90 Å². The van der Waals surface area contributed by atoms with E-state index in [2.05, 4.69) is 110 Å². The first-order chi connectivity index (χ1) is 19.7. The molecule has 0 aliphatic carbocycles. The molecule has 0 saturated heterocycles. The second-order valence-electron chi connectivity index (χ2n) is 8.06. The summed E-state index contributed by atoms with van der Waals surface area (Å²) >= 11 is 0. The Morgan fingerprint density at radius 3 is 1.68 bits per heavy atom. The summed E-state index contributed by atoms with van der Waals surface area (Å²) in [4.78, 5) is 11.8. The van der Waals surface area contributed by atoms with Gasteiger partial charge in [0.25, 0.3) is 0 Å². The first-order valence-electron chi connectivity index (χ1n) is 14.9. The zero-order chi connectivity index (χ0) is 29.9. The van der Waals surface area contributed by atoms with E-state index in [9.17, 15) is 0 Å². The van der Waals surface area contributed by atoms with Crippen molar-refractivity contribution in [1.82, 2.24) is 9.97 Å². The van der Waals surface area contributed by atoms with Gasteiger partial charge in [-0.1, -0.05) is 140 Å². The number of aryl methyl sites for hydroxylation is 1. The van der Waals surface area contributed by atoms with Crippen LogP contribution in [-0.4, -0.2) is 17.0 Å². The van der Waals surface area contributed by atoms with Crippen molar-refractivity contribution < 1.29 is 0 Å². The van der Waals surface area contributed by atoms with E-state index in [1.165, 1.54) is 22.3 Å². The highest BCUT2D eigenvalue weighted by molar-refractivity contribution is 5.84. The molecule has 1 aromatic heterocycles. The molecule has 0 aliphatic heterocycles. The number of hydrogen-bond acceptors (Lipinski definition) is 3. The van der Waals surface area contributed by atoms with E-state index in [0.717, 1.165) is 28.1 Å². The number of nitrogens with zero attached hydrogens (tertiary/aromatic N) is 3. The molecule has 0 saturated carbocycles. The lowest BCUT2D eigenvalue weighted by Gasteiger charge is -2.23. The molecule has 0 N–H and O–H groups in total. The third kappa shape index (κ3) is 9.05. The van der Waals surface area contributed by atoms with Crippen molar-refractivity contribution in [3.05, 3.63) is 115 Å². The van der Waals surface area contributed by atoms with E-state index in [0.29, 0.717) is 6.54 Å². The zero-order valence-corrected chi connectivity index (χ0v) is 26.4. The molecule has 0 spiro atoms. The molecule has 0 fully saturated rings. The Morgan fingerprint density at radius 1 is 0.550 bits per heavy atom. The van der Waals surface area contributed by atoms with Crippen LogP contribution < -0.4 is 4.90 Å². The minimum Gasteiger partial charge on any atom is -0.367 e. The minimum atomic E-state index is 0.635. The fraction of sp³-hybridized carbons (Fsp3) is 0.297. The molecule has 0 radical (unpaired) electrons. The minimum absolute atomic E-state index is 0.635. The van der Waals surface area contributed by atoms with Crippen LogP contribution in [0.2, 0.25) is 0 Å². The Labute approximate surface area is 244 Å². The second-order valence-corrected chi connectivity index (χ2v) is 8.06. The molecule has 1 heterocycles. The lowest BCUT2D eigenvalue weighted by molar-refractivity contribution is 0.840. The van der Waals surface area contributed by atoms with Gasteiger partial charge in [-0.3, -0.25) is 0 Å². The molecule has 0 atom stereocenters. The zero-order valence-electron chi connectivity index (χ0n) is 26.4. The van der Waals surface area contributed by atoms with Crippen LogP contribution >= 0.6 is 0 Å². The van der Waals surface area contributed by atoms with Crippen LogP contribution in [-0.2, 0) is 6.54 Å². The predicted molar refractivity (Wildman–Crippen MR) is 179 cm³/mol. The van der Waals surface area contributed by atoms with E-state index >= 15 is 0 Å². The van der Waals surface area contributed by atoms with Crippen molar-refractivity contribution in [2.45, 2.75) is 68.9 Å². The summed E-state index contributed by atoms with van der Waals surface area (Å²) in [5.41, 5.74) is 7.99. The van der Waals surface area contributed by atoms with Crippen molar-refractivity contribution in [2.75, 3.05) is 11.9 Å². The molecule has 40 heavy (non-hydrogen) atoms. The van der Waals surface area contributed by atoms with Gasteiger partial charge in [0.15, 0.2) is 0 Å². The number of benzene rings is 4. The fourth-order valence-corrected chi connectivity index (χ4v) is 4.19. The largest absolute Gasteiger partial charge is 0.367 e. The van der Waals surface area contributed by atoms with Gasteiger partial charge in [0.05, 0.1) is 12.1 Å². The normalized spacial score (nSPS) is 9.35. The number of rotatable bonds is 5. The molecule has 3 nitrogen and oxygen atoms in total. The maximum Gasteiger partial charge on any atom is 0.148 e. The van der Waals surface area contributed by atoms with Crippen molar-refractivity contribution in [1.29, 1.82) is 0 Å². The number of fused-ring (bicyclic) bond motifs is 1. The van der Waals surface area contributed by atoms with Crippen LogP contribution in [0.4, 0.5) is 5.69 Å². The van der Waals surface area contributed by atoms with Crippen LogP contribution in [0.3, 0.4) is 0 Å². The van der Waals surface area contributed by atoms with Crippen molar-refractivity contribution in [3.8, 4) is 22.3 Å². The second kappa shape index (κ2) is 19.1. The van der Waals surface area contributed by atoms with Gasteiger partial charge in [-0.15, -0.1) is 0 Å². The molecule has 0 aliphatic rings. The lowest BCUT2D eigenvalue weighted by atomic mass is 9.97. The van der Waals surface area contributed by atoms with Gasteiger partial charge >= 0.3 is 0 Å². The molecule has 0 bridgehead atoms. The first kappa shape index (κ1) is 34.0. The fourth-order valence-electron chi connectivity index (χ4n) is 4.19. The van der Waals surface area contributed by atoms with Gasteiger partial charge in [0.1, 0.15) is 5.82 Å². The SMILES string of the molecule is CC.CC.CC.CC.Cc1nc(CN(C)c2ccc(-c3ccccc3)cc2-c2ccccc2)nc2ccccc12. The van der Waals surface area contributed by atoms with Crippen LogP contribution in [0.15, 0.2) is 103 Å². The van der Waals surface area contributed by atoms with Crippen LogP contribution in [0.25, 0.3) is 33.2 Å². The summed E-state index contributed by atoms with van der Waals surface area (Å²) in [6, 6.07) is 35.9. The smallest absolute Gasteiger partial charge is 0.148 e. The summed E-state index contributed by atoms with van der Waals surface area (Å²) in [5, 5.41) is 1.11. The summed E-state index contributed by atoms with van der Waals surface area (Å²) < 4.78 is 0. The van der Waals surface area contributed by atoms with Crippen molar-refractivity contribution in [3.63, 3.8) is 0 Å². The Kier molecular flexibility index (Phi) is 16.3. The van der Waals surface area contributed by atoms with Gasteiger partial charge in [0, 0.05) is 29.4 Å². The average molecular weight is 536 g/mol. The Balaban J connectivity index is 0.000000921. The molecule has 212 valence electrons. The summed E-state index contributed by atoms with van der Waals surface area (Å²) in [6.07, 6.45) is 0. The van der Waals surface area contributed by atoms with E-state index in [4.69, 9.17) is 9.97 Å². The highest BCUT2D eigenvalue weighted by Gasteiger charge is 2.14. The molecular formula is C37H49N3. The molecule has 3 heteroatoms. The van der Waals surface area contributed by atoms with Crippen molar-refractivity contribution in [2.24, 2.45) is 0 Å². The molecule has 5 rings (SSSR count). The van der Waals surface area contributed by atoms with Crippen LogP contribution in [0.5, 0.6) is 0 Å². The predicted octanol–water partition coefficient (Wildman–Crippen LogP) is 11.0. The average Bonchev–Trinajstić information content (AvgIpc) is 3.05. The summed E-state index contributed by atoms with van der Waals surface area (Å²) in [7, 11) is 2.11. The molecule has 0 amide bonds. The molecule has 0 unspecified atom stereocenters. The van der Waals surface area contributed by atoms with Crippen LogP contribution in [0.1, 0.15) is 66.9 Å². The number of hydrogen-bond donors (Lipinski definition) is 0. The lowest BCUT2D eigenvalue weighted by Crippen LogP contribution is -2.19. The maximum atomic E-state index is 4.82. The number of para-hydroxylation sites is 1. The van der Waals surface area contributed by atoms with E-state index < -0.39 is 0 Å².